The molecule has 1 aliphatic heterocycles. The standard InChI is InChI=1S/C26H22Cl2N4OS/c1-15-13-20(16(2)31(15)22-14-18(28)8-11-23(22)33)25-24(21-5-3-4-12-29-21)30-26(34)32(25)19-9-6-17(27)7-10-19/h3-14,24-25,33H,1-2H3,(H,30,34). The fraction of sp³-hybridized carbons (Fsp3) is 0.154. The first kappa shape index (κ1) is 22.7. The lowest BCUT2D eigenvalue weighted by molar-refractivity contribution is 0.471. The molecule has 2 unspecified atom stereocenters. The van der Waals surface area contributed by atoms with E-state index in [1.54, 1.807) is 24.4 Å². The number of nitrogens with zero attached hydrogens (tertiary/aromatic N) is 3. The quantitative estimate of drug-likeness (QED) is 0.301. The van der Waals surface area contributed by atoms with E-state index in [0.717, 1.165) is 28.3 Å². The number of anilines is 1. The molecule has 5 rings (SSSR count). The van der Waals surface area contributed by atoms with Crippen LogP contribution in [0, 0.1) is 13.8 Å². The van der Waals surface area contributed by atoms with E-state index < -0.39 is 0 Å². The molecule has 0 amide bonds. The molecule has 8 heteroatoms. The molecule has 1 fully saturated rings. The molecule has 0 radical (unpaired) electrons. The Morgan fingerprint density at radius 2 is 1.71 bits per heavy atom. The summed E-state index contributed by atoms with van der Waals surface area (Å²) in [5.41, 5.74) is 5.47. The lowest BCUT2D eigenvalue weighted by Gasteiger charge is -2.28. The zero-order chi connectivity index (χ0) is 24.0. The van der Waals surface area contributed by atoms with Gasteiger partial charge in [0.1, 0.15) is 5.75 Å². The van der Waals surface area contributed by atoms with E-state index in [0.29, 0.717) is 20.8 Å². The van der Waals surface area contributed by atoms with Gasteiger partial charge in [0, 0.05) is 33.3 Å². The Hall–Kier alpha value is -3.06. The molecular formula is C26H22Cl2N4OS. The minimum atomic E-state index is -0.176. The molecule has 0 aliphatic carbocycles. The second kappa shape index (κ2) is 8.95. The Balaban J connectivity index is 1.70. The summed E-state index contributed by atoms with van der Waals surface area (Å²) in [5.74, 6) is 0.161. The van der Waals surface area contributed by atoms with Crippen molar-refractivity contribution in [2.24, 2.45) is 0 Å². The monoisotopic (exact) mass is 508 g/mol. The smallest absolute Gasteiger partial charge is 0.174 e. The van der Waals surface area contributed by atoms with Gasteiger partial charge in [-0.3, -0.25) is 4.98 Å². The van der Waals surface area contributed by atoms with Crippen LogP contribution in [0.25, 0.3) is 5.69 Å². The second-order valence-electron chi connectivity index (χ2n) is 8.27. The van der Waals surface area contributed by atoms with Crippen LogP contribution in [0.2, 0.25) is 10.0 Å². The number of aryl methyl sites for hydroxylation is 1. The van der Waals surface area contributed by atoms with Crippen LogP contribution in [-0.2, 0) is 0 Å². The lowest BCUT2D eigenvalue weighted by Crippen LogP contribution is -2.29. The van der Waals surface area contributed by atoms with Crippen LogP contribution in [0.5, 0.6) is 5.75 Å². The minimum Gasteiger partial charge on any atom is -0.506 e. The molecule has 2 aromatic carbocycles. The third kappa shape index (κ3) is 3.92. The first-order valence-electron chi connectivity index (χ1n) is 10.8. The zero-order valence-electron chi connectivity index (χ0n) is 18.5. The van der Waals surface area contributed by atoms with Gasteiger partial charge in [-0.05, 0) is 92.3 Å². The summed E-state index contributed by atoms with van der Waals surface area (Å²) in [6.45, 7) is 4.06. The predicted molar refractivity (Wildman–Crippen MR) is 141 cm³/mol. The van der Waals surface area contributed by atoms with E-state index >= 15 is 0 Å². The largest absolute Gasteiger partial charge is 0.506 e. The maximum atomic E-state index is 10.6. The van der Waals surface area contributed by atoms with Crippen LogP contribution < -0.4 is 10.2 Å². The van der Waals surface area contributed by atoms with E-state index in [2.05, 4.69) is 21.3 Å². The number of aromatic hydroxyl groups is 1. The Morgan fingerprint density at radius 1 is 0.971 bits per heavy atom. The summed E-state index contributed by atoms with van der Waals surface area (Å²) in [7, 11) is 0. The fourth-order valence-electron chi connectivity index (χ4n) is 4.68. The Morgan fingerprint density at radius 3 is 2.41 bits per heavy atom. The van der Waals surface area contributed by atoms with Crippen molar-refractivity contribution in [2.45, 2.75) is 25.9 Å². The maximum Gasteiger partial charge on any atom is 0.174 e. The summed E-state index contributed by atoms with van der Waals surface area (Å²) in [5, 5.41) is 15.9. The average Bonchev–Trinajstić information content (AvgIpc) is 3.32. The van der Waals surface area contributed by atoms with Crippen LogP contribution in [-0.4, -0.2) is 19.8 Å². The van der Waals surface area contributed by atoms with Crippen molar-refractivity contribution in [3.63, 3.8) is 0 Å². The molecule has 5 nitrogen and oxygen atoms in total. The summed E-state index contributed by atoms with van der Waals surface area (Å²) >= 11 is 18.2. The van der Waals surface area contributed by atoms with Crippen LogP contribution in [0.3, 0.4) is 0 Å². The highest BCUT2D eigenvalue weighted by Gasteiger charge is 2.42. The lowest BCUT2D eigenvalue weighted by atomic mass is 9.96. The Kier molecular flexibility index (Phi) is 5.98. The van der Waals surface area contributed by atoms with Gasteiger partial charge in [-0.25, -0.2) is 0 Å². The van der Waals surface area contributed by atoms with Gasteiger partial charge in [-0.15, -0.1) is 0 Å². The summed E-state index contributed by atoms with van der Waals surface area (Å²) < 4.78 is 2.02. The highest BCUT2D eigenvalue weighted by atomic mass is 35.5. The Labute approximate surface area is 213 Å². The van der Waals surface area contributed by atoms with Crippen LogP contribution in [0.1, 0.15) is 34.7 Å². The number of phenols is 1. The maximum absolute atomic E-state index is 10.6. The third-order valence-electron chi connectivity index (χ3n) is 6.17. The topological polar surface area (TPSA) is 53.3 Å². The number of thiocarbonyl (C=S) groups is 1. The normalized spacial score (nSPS) is 17.8. The summed E-state index contributed by atoms with van der Waals surface area (Å²) in [4.78, 5) is 6.73. The molecule has 2 atom stereocenters. The molecular weight excluding hydrogens is 487 g/mol. The number of phenolic OH excluding ortho intramolecular Hbond substituents is 1. The second-order valence-corrected chi connectivity index (χ2v) is 9.53. The predicted octanol–water partition coefficient (Wildman–Crippen LogP) is 6.68. The average molecular weight is 509 g/mol. The van der Waals surface area contributed by atoms with E-state index in [-0.39, 0.29) is 17.8 Å². The van der Waals surface area contributed by atoms with E-state index in [9.17, 15) is 5.11 Å². The van der Waals surface area contributed by atoms with Gasteiger partial charge in [-0.2, -0.15) is 0 Å². The number of pyridine rings is 1. The van der Waals surface area contributed by atoms with Gasteiger partial charge < -0.3 is 19.9 Å². The molecule has 172 valence electrons. The van der Waals surface area contributed by atoms with Crippen molar-refractivity contribution >= 4 is 46.2 Å². The van der Waals surface area contributed by atoms with E-state index in [1.807, 2.05) is 60.9 Å². The third-order valence-corrected chi connectivity index (χ3v) is 6.97. The minimum absolute atomic E-state index is 0.161. The SMILES string of the molecule is Cc1cc(C2C(c3ccccn3)NC(=S)N2c2ccc(Cl)cc2)c(C)n1-c1cc(Cl)ccc1O. The van der Waals surface area contributed by atoms with Gasteiger partial charge in [0.15, 0.2) is 5.11 Å². The zero-order valence-corrected chi connectivity index (χ0v) is 20.9. The molecule has 3 heterocycles. The number of aromatic nitrogens is 2. The molecule has 4 aromatic rings. The Bertz CT molecular complexity index is 1370. The number of benzene rings is 2. The van der Waals surface area contributed by atoms with Crippen molar-refractivity contribution < 1.29 is 5.11 Å². The molecule has 0 saturated carbocycles. The number of halogens is 2. The van der Waals surface area contributed by atoms with E-state index in [1.165, 1.54) is 0 Å². The van der Waals surface area contributed by atoms with Crippen molar-refractivity contribution in [2.75, 3.05) is 4.90 Å². The summed E-state index contributed by atoms with van der Waals surface area (Å²) in [6.07, 6.45) is 1.79. The van der Waals surface area contributed by atoms with E-state index in [4.69, 9.17) is 35.4 Å². The van der Waals surface area contributed by atoms with Crippen LogP contribution in [0.15, 0.2) is 72.9 Å². The molecule has 34 heavy (non-hydrogen) atoms. The van der Waals surface area contributed by atoms with Crippen LogP contribution in [0.4, 0.5) is 5.69 Å². The first-order chi connectivity index (χ1) is 16.3. The molecule has 0 bridgehead atoms. The summed E-state index contributed by atoms with van der Waals surface area (Å²) in [6, 6.07) is 20.4. The molecule has 0 spiro atoms. The molecule has 2 aromatic heterocycles. The number of nitrogens with one attached hydrogen (secondary N) is 1. The molecule has 1 aliphatic rings. The van der Waals surface area contributed by atoms with Gasteiger partial charge in [0.25, 0.3) is 0 Å². The highest BCUT2D eigenvalue weighted by Crippen LogP contribution is 2.44. The van der Waals surface area contributed by atoms with Gasteiger partial charge in [0.05, 0.1) is 23.5 Å². The first-order valence-corrected chi connectivity index (χ1v) is 12.0. The number of rotatable bonds is 4. The highest BCUT2D eigenvalue weighted by molar-refractivity contribution is 7.80. The van der Waals surface area contributed by atoms with Crippen molar-refractivity contribution in [1.82, 2.24) is 14.9 Å². The number of hydrogen-bond donors (Lipinski definition) is 2. The molecule has 2 N–H and O–H groups in total. The van der Waals surface area contributed by atoms with Crippen molar-refractivity contribution in [3.05, 3.63) is 106 Å². The van der Waals surface area contributed by atoms with Crippen molar-refractivity contribution in [3.8, 4) is 11.4 Å². The fourth-order valence-corrected chi connectivity index (χ4v) is 5.32. The van der Waals surface area contributed by atoms with Crippen LogP contribution >= 0.6 is 35.4 Å². The van der Waals surface area contributed by atoms with Gasteiger partial charge in [0.2, 0.25) is 0 Å². The number of hydrogen-bond acceptors (Lipinski definition) is 3. The molecule has 1 saturated heterocycles. The van der Waals surface area contributed by atoms with Gasteiger partial charge in [-0.1, -0.05) is 29.3 Å². The van der Waals surface area contributed by atoms with Gasteiger partial charge >= 0.3 is 0 Å². The van der Waals surface area contributed by atoms with Crippen molar-refractivity contribution in [1.29, 1.82) is 0 Å².